The molecule has 5 heteroatoms. The van der Waals surface area contributed by atoms with Gasteiger partial charge in [-0.15, -0.1) is 0 Å². The van der Waals surface area contributed by atoms with Gasteiger partial charge in [-0.3, -0.25) is 4.98 Å². The molecule has 0 aliphatic heterocycles. The molecule has 3 rings (SSSR count). The molecule has 3 heterocycles. The monoisotopic (exact) mass is 294 g/mol. The lowest BCUT2D eigenvalue weighted by Gasteiger charge is -2.13. The lowest BCUT2D eigenvalue weighted by Crippen LogP contribution is -2.05. The number of hydrogen-bond donors (Lipinski definition) is 1. The maximum absolute atomic E-state index is 5.92. The smallest absolute Gasteiger partial charge is 0.221 e. The third kappa shape index (κ3) is 2.83. The molecule has 0 aromatic carbocycles. The Bertz CT molecular complexity index is 739. The molecule has 0 unspecified atom stereocenters. The largest absolute Gasteiger partial charge is 0.463 e. The van der Waals surface area contributed by atoms with Crippen molar-refractivity contribution in [3.8, 4) is 22.7 Å². The SMILES string of the molecule is CCCCc1c(-c2ccncc2)nc(N)nc1-c1ccco1. The summed E-state index contributed by atoms with van der Waals surface area (Å²) in [6.07, 6.45) is 8.18. The van der Waals surface area contributed by atoms with E-state index in [2.05, 4.69) is 21.9 Å². The average molecular weight is 294 g/mol. The minimum absolute atomic E-state index is 0.249. The van der Waals surface area contributed by atoms with Gasteiger partial charge < -0.3 is 10.2 Å². The van der Waals surface area contributed by atoms with Crippen LogP contribution in [0, 0.1) is 0 Å². The van der Waals surface area contributed by atoms with Crippen molar-refractivity contribution in [3.05, 3.63) is 48.5 Å². The zero-order chi connectivity index (χ0) is 15.4. The molecule has 0 atom stereocenters. The summed E-state index contributed by atoms with van der Waals surface area (Å²) < 4.78 is 5.53. The van der Waals surface area contributed by atoms with Crippen molar-refractivity contribution >= 4 is 5.95 Å². The lowest BCUT2D eigenvalue weighted by atomic mass is 9.99. The topological polar surface area (TPSA) is 77.8 Å². The number of furan rings is 1. The van der Waals surface area contributed by atoms with Gasteiger partial charge >= 0.3 is 0 Å². The first kappa shape index (κ1) is 14.3. The molecule has 0 aliphatic rings. The van der Waals surface area contributed by atoms with Crippen molar-refractivity contribution in [3.63, 3.8) is 0 Å². The number of nitrogens with zero attached hydrogens (tertiary/aromatic N) is 3. The van der Waals surface area contributed by atoms with Gasteiger partial charge in [0.15, 0.2) is 5.76 Å². The normalized spacial score (nSPS) is 10.8. The molecule has 3 aromatic heterocycles. The quantitative estimate of drug-likeness (QED) is 0.775. The zero-order valence-corrected chi connectivity index (χ0v) is 12.5. The van der Waals surface area contributed by atoms with E-state index in [1.54, 1.807) is 18.7 Å². The average Bonchev–Trinajstić information content (AvgIpc) is 3.08. The van der Waals surface area contributed by atoms with Crippen LogP contribution in [-0.4, -0.2) is 15.0 Å². The summed E-state index contributed by atoms with van der Waals surface area (Å²) >= 11 is 0. The van der Waals surface area contributed by atoms with Crippen LogP contribution < -0.4 is 5.73 Å². The van der Waals surface area contributed by atoms with Gasteiger partial charge in [0.1, 0.15) is 5.69 Å². The standard InChI is InChI=1S/C17H18N4O/c1-2-3-5-13-15(12-7-9-19-10-8-12)20-17(18)21-16(13)14-6-4-11-22-14/h4,6-11H,2-3,5H2,1H3,(H2,18,20,21). The molecule has 0 amide bonds. The zero-order valence-electron chi connectivity index (χ0n) is 12.5. The van der Waals surface area contributed by atoms with Gasteiger partial charge in [0.05, 0.1) is 12.0 Å². The van der Waals surface area contributed by atoms with Crippen LogP contribution in [0.5, 0.6) is 0 Å². The summed E-state index contributed by atoms with van der Waals surface area (Å²) in [6, 6.07) is 7.61. The highest BCUT2D eigenvalue weighted by atomic mass is 16.3. The molecule has 0 aliphatic carbocycles. The van der Waals surface area contributed by atoms with E-state index >= 15 is 0 Å². The third-order valence-corrected chi connectivity index (χ3v) is 3.51. The first-order valence-corrected chi connectivity index (χ1v) is 7.40. The Morgan fingerprint density at radius 2 is 1.86 bits per heavy atom. The number of hydrogen-bond acceptors (Lipinski definition) is 5. The van der Waals surface area contributed by atoms with Gasteiger partial charge in [0, 0.05) is 23.5 Å². The van der Waals surface area contributed by atoms with Crippen molar-refractivity contribution in [2.45, 2.75) is 26.2 Å². The highest BCUT2D eigenvalue weighted by Gasteiger charge is 2.17. The predicted octanol–water partition coefficient (Wildman–Crippen LogP) is 3.72. The van der Waals surface area contributed by atoms with Crippen LogP contribution in [0.15, 0.2) is 47.3 Å². The Morgan fingerprint density at radius 1 is 1.09 bits per heavy atom. The number of pyridine rings is 1. The van der Waals surface area contributed by atoms with Gasteiger partial charge in [-0.2, -0.15) is 0 Å². The minimum Gasteiger partial charge on any atom is -0.463 e. The van der Waals surface area contributed by atoms with E-state index < -0.39 is 0 Å². The molecule has 2 N–H and O–H groups in total. The highest BCUT2D eigenvalue weighted by molar-refractivity contribution is 5.72. The Morgan fingerprint density at radius 3 is 2.55 bits per heavy atom. The molecule has 22 heavy (non-hydrogen) atoms. The third-order valence-electron chi connectivity index (χ3n) is 3.51. The van der Waals surface area contributed by atoms with Crippen LogP contribution in [0.1, 0.15) is 25.3 Å². The van der Waals surface area contributed by atoms with Crippen molar-refractivity contribution < 1.29 is 4.42 Å². The Balaban J connectivity index is 2.20. The van der Waals surface area contributed by atoms with E-state index in [-0.39, 0.29) is 5.95 Å². The van der Waals surface area contributed by atoms with Gasteiger partial charge in [-0.05, 0) is 37.1 Å². The number of rotatable bonds is 5. The van der Waals surface area contributed by atoms with Crippen molar-refractivity contribution in [1.82, 2.24) is 15.0 Å². The van der Waals surface area contributed by atoms with E-state index in [0.717, 1.165) is 47.5 Å². The second-order valence-corrected chi connectivity index (χ2v) is 5.07. The number of nitrogens with two attached hydrogens (primary N) is 1. The van der Waals surface area contributed by atoms with Gasteiger partial charge in [-0.1, -0.05) is 13.3 Å². The molecule has 0 fully saturated rings. The molecule has 0 saturated heterocycles. The van der Waals surface area contributed by atoms with Gasteiger partial charge in [-0.25, -0.2) is 9.97 Å². The number of nitrogen functional groups attached to an aromatic ring is 1. The van der Waals surface area contributed by atoms with Gasteiger partial charge in [0.2, 0.25) is 5.95 Å². The highest BCUT2D eigenvalue weighted by Crippen LogP contribution is 2.31. The summed E-state index contributed by atoms with van der Waals surface area (Å²) in [4.78, 5) is 12.9. The van der Waals surface area contributed by atoms with Crippen molar-refractivity contribution in [2.24, 2.45) is 0 Å². The molecule has 3 aromatic rings. The van der Waals surface area contributed by atoms with Crippen LogP contribution in [0.4, 0.5) is 5.95 Å². The Labute approximate surface area is 129 Å². The van der Waals surface area contributed by atoms with E-state index in [9.17, 15) is 0 Å². The van der Waals surface area contributed by atoms with Crippen LogP contribution in [-0.2, 0) is 6.42 Å². The maximum Gasteiger partial charge on any atom is 0.221 e. The summed E-state index contributed by atoms with van der Waals surface area (Å²) in [5.41, 5.74) is 9.61. The molecular formula is C17H18N4O. The summed E-state index contributed by atoms with van der Waals surface area (Å²) in [5, 5.41) is 0. The number of unbranched alkanes of at least 4 members (excludes halogenated alkanes) is 1. The number of aromatic nitrogens is 3. The Kier molecular flexibility index (Phi) is 4.14. The molecule has 112 valence electrons. The lowest BCUT2D eigenvalue weighted by molar-refractivity contribution is 0.578. The van der Waals surface area contributed by atoms with Gasteiger partial charge in [0.25, 0.3) is 0 Å². The summed E-state index contributed by atoms with van der Waals surface area (Å²) in [7, 11) is 0. The molecule has 0 saturated carbocycles. The molecule has 5 nitrogen and oxygen atoms in total. The van der Waals surface area contributed by atoms with E-state index in [4.69, 9.17) is 10.2 Å². The maximum atomic E-state index is 5.92. The Hall–Kier alpha value is -2.69. The second-order valence-electron chi connectivity index (χ2n) is 5.07. The summed E-state index contributed by atoms with van der Waals surface area (Å²) in [5.74, 6) is 0.967. The second kappa shape index (κ2) is 6.39. The van der Waals surface area contributed by atoms with E-state index in [1.807, 2.05) is 24.3 Å². The molecule has 0 bridgehead atoms. The first-order chi connectivity index (χ1) is 10.8. The van der Waals surface area contributed by atoms with E-state index in [1.165, 1.54) is 0 Å². The minimum atomic E-state index is 0.249. The van der Waals surface area contributed by atoms with Crippen LogP contribution in [0.25, 0.3) is 22.7 Å². The fourth-order valence-corrected chi connectivity index (χ4v) is 2.46. The van der Waals surface area contributed by atoms with Crippen LogP contribution >= 0.6 is 0 Å². The van der Waals surface area contributed by atoms with Crippen LogP contribution in [0.3, 0.4) is 0 Å². The van der Waals surface area contributed by atoms with Crippen molar-refractivity contribution in [1.29, 1.82) is 0 Å². The number of anilines is 1. The predicted molar refractivity (Wildman–Crippen MR) is 86.0 cm³/mol. The molecule has 0 radical (unpaired) electrons. The van der Waals surface area contributed by atoms with Crippen LogP contribution in [0.2, 0.25) is 0 Å². The fraction of sp³-hybridized carbons (Fsp3) is 0.235. The van der Waals surface area contributed by atoms with E-state index in [0.29, 0.717) is 0 Å². The fourth-order valence-electron chi connectivity index (χ4n) is 2.46. The molecule has 0 spiro atoms. The van der Waals surface area contributed by atoms with Crippen molar-refractivity contribution in [2.75, 3.05) is 5.73 Å². The molecular weight excluding hydrogens is 276 g/mol. The summed E-state index contributed by atoms with van der Waals surface area (Å²) in [6.45, 7) is 2.16. The first-order valence-electron chi connectivity index (χ1n) is 7.40.